The zero-order valence-electron chi connectivity index (χ0n) is 14.3. The van der Waals surface area contributed by atoms with Crippen molar-refractivity contribution in [2.24, 2.45) is 0 Å². The maximum Gasteiger partial charge on any atom is 0.246 e. The molecule has 2 aromatic heterocycles. The first-order valence-electron chi connectivity index (χ1n) is 8.76. The summed E-state index contributed by atoms with van der Waals surface area (Å²) < 4.78 is 1.78. The molecule has 1 atom stereocenters. The summed E-state index contributed by atoms with van der Waals surface area (Å²) in [6.07, 6.45) is 7.32. The lowest BCUT2D eigenvalue weighted by Gasteiger charge is -2.34. The Kier molecular flexibility index (Phi) is 4.33. The van der Waals surface area contributed by atoms with Gasteiger partial charge in [0.15, 0.2) is 0 Å². The van der Waals surface area contributed by atoms with Crippen molar-refractivity contribution in [2.75, 3.05) is 16.8 Å². The molecule has 6 heteroatoms. The lowest BCUT2D eigenvalue weighted by atomic mass is 10.0. The van der Waals surface area contributed by atoms with Crippen molar-refractivity contribution in [2.45, 2.75) is 32.2 Å². The zero-order valence-corrected chi connectivity index (χ0v) is 14.3. The molecule has 0 spiro atoms. The first-order valence-corrected chi connectivity index (χ1v) is 8.76. The number of pyridine rings is 1. The second-order valence-corrected chi connectivity index (χ2v) is 6.41. The summed E-state index contributed by atoms with van der Waals surface area (Å²) in [5.41, 5.74) is 1.94. The first kappa shape index (κ1) is 15.6. The number of anilines is 3. The van der Waals surface area contributed by atoms with Gasteiger partial charge in [0.05, 0.1) is 5.69 Å². The van der Waals surface area contributed by atoms with Crippen molar-refractivity contribution >= 4 is 17.5 Å². The zero-order chi connectivity index (χ0) is 17.1. The monoisotopic (exact) mass is 334 g/mol. The highest BCUT2D eigenvalue weighted by Crippen LogP contribution is 2.24. The van der Waals surface area contributed by atoms with Gasteiger partial charge in [0.1, 0.15) is 12.1 Å². The molecule has 3 heterocycles. The molecule has 0 radical (unpaired) electrons. The first-order chi connectivity index (χ1) is 12.3. The van der Waals surface area contributed by atoms with Gasteiger partial charge < -0.3 is 10.2 Å². The third kappa shape index (κ3) is 3.47. The van der Waals surface area contributed by atoms with E-state index in [0.29, 0.717) is 12.0 Å². The van der Waals surface area contributed by atoms with E-state index in [1.54, 1.807) is 11.0 Å². The van der Waals surface area contributed by atoms with Crippen molar-refractivity contribution in [1.82, 2.24) is 19.7 Å². The molecule has 0 bridgehead atoms. The van der Waals surface area contributed by atoms with Gasteiger partial charge in [0.2, 0.25) is 5.95 Å². The molecular weight excluding hydrogens is 312 g/mol. The number of hydrogen-bond donors (Lipinski definition) is 1. The van der Waals surface area contributed by atoms with Gasteiger partial charge in [0.25, 0.3) is 0 Å². The van der Waals surface area contributed by atoms with E-state index >= 15 is 0 Å². The standard InChI is InChI=1S/C19H22N6/c1-15-7-5-6-12-24(15)18-13-17(10-11-20-18)25-14-21-19(23-25)22-16-8-3-2-4-9-16/h2-4,8-11,13-15H,5-7,12H2,1H3,(H,22,23). The third-order valence-electron chi connectivity index (χ3n) is 4.61. The van der Waals surface area contributed by atoms with Gasteiger partial charge in [-0.2, -0.15) is 4.98 Å². The van der Waals surface area contributed by atoms with E-state index in [1.807, 2.05) is 42.6 Å². The van der Waals surface area contributed by atoms with Gasteiger partial charge in [-0.3, -0.25) is 0 Å². The Morgan fingerprint density at radius 1 is 1.08 bits per heavy atom. The second-order valence-electron chi connectivity index (χ2n) is 6.41. The number of benzene rings is 1. The van der Waals surface area contributed by atoms with E-state index < -0.39 is 0 Å². The normalized spacial score (nSPS) is 17.5. The average Bonchev–Trinajstić information content (AvgIpc) is 3.12. The predicted molar refractivity (Wildman–Crippen MR) is 99.5 cm³/mol. The van der Waals surface area contributed by atoms with E-state index in [0.717, 1.165) is 23.7 Å². The lowest BCUT2D eigenvalue weighted by Crippen LogP contribution is -2.38. The maximum atomic E-state index is 4.56. The Labute approximate surface area is 147 Å². The van der Waals surface area contributed by atoms with E-state index in [9.17, 15) is 0 Å². The van der Waals surface area contributed by atoms with Gasteiger partial charge in [-0.1, -0.05) is 18.2 Å². The number of aromatic nitrogens is 4. The minimum Gasteiger partial charge on any atom is -0.354 e. The molecule has 1 N–H and O–H groups in total. The van der Waals surface area contributed by atoms with Gasteiger partial charge >= 0.3 is 0 Å². The predicted octanol–water partition coefficient (Wildman–Crippen LogP) is 3.78. The maximum absolute atomic E-state index is 4.56. The Balaban J connectivity index is 1.55. The van der Waals surface area contributed by atoms with Crippen molar-refractivity contribution in [3.05, 3.63) is 55.0 Å². The van der Waals surface area contributed by atoms with Crippen LogP contribution in [-0.2, 0) is 0 Å². The summed E-state index contributed by atoms with van der Waals surface area (Å²) in [5.74, 6) is 1.59. The summed E-state index contributed by atoms with van der Waals surface area (Å²) >= 11 is 0. The van der Waals surface area contributed by atoms with Gasteiger partial charge in [-0.15, -0.1) is 5.10 Å². The molecule has 0 aliphatic carbocycles. The SMILES string of the molecule is CC1CCCCN1c1cc(-n2cnc(Nc3ccccc3)n2)ccn1. The van der Waals surface area contributed by atoms with Crippen molar-refractivity contribution in [3.63, 3.8) is 0 Å². The fourth-order valence-electron chi connectivity index (χ4n) is 3.24. The van der Waals surface area contributed by atoms with Crippen LogP contribution in [0.3, 0.4) is 0 Å². The van der Waals surface area contributed by atoms with Crippen molar-refractivity contribution in [1.29, 1.82) is 0 Å². The number of nitrogens with zero attached hydrogens (tertiary/aromatic N) is 5. The van der Waals surface area contributed by atoms with E-state index in [2.05, 4.69) is 38.3 Å². The van der Waals surface area contributed by atoms with Crippen molar-refractivity contribution < 1.29 is 0 Å². The number of piperidine rings is 1. The largest absolute Gasteiger partial charge is 0.354 e. The van der Waals surface area contributed by atoms with Crippen LogP contribution in [0.1, 0.15) is 26.2 Å². The van der Waals surface area contributed by atoms with Gasteiger partial charge in [0, 0.05) is 30.5 Å². The Morgan fingerprint density at radius 3 is 2.80 bits per heavy atom. The van der Waals surface area contributed by atoms with E-state index in [4.69, 9.17) is 0 Å². The molecule has 0 amide bonds. The Bertz CT molecular complexity index is 829. The Morgan fingerprint density at radius 2 is 1.96 bits per heavy atom. The number of nitrogens with one attached hydrogen (secondary N) is 1. The van der Waals surface area contributed by atoms with Gasteiger partial charge in [-0.05, 0) is 44.4 Å². The molecule has 1 fully saturated rings. The molecule has 1 aromatic carbocycles. The fourth-order valence-corrected chi connectivity index (χ4v) is 3.24. The molecular formula is C19H22N6. The molecule has 3 aromatic rings. The van der Waals surface area contributed by atoms with Crippen LogP contribution in [0.15, 0.2) is 55.0 Å². The third-order valence-corrected chi connectivity index (χ3v) is 4.61. The van der Waals surface area contributed by atoms with Crippen LogP contribution in [0, 0.1) is 0 Å². The molecule has 1 unspecified atom stereocenters. The van der Waals surface area contributed by atoms with E-state index in [1.165, 1.54) is 19.3 Å². The quantitative estimate of drug-likeness (QED) is 0.787. The summed E-state index contributed by atoms with van der Waals surface area (Å²) in [7, 11) is 0. The van der Waals surface area contributed by atoms with Crippen LogP contribution in [-0.4, -0.2) is 32.3 Å². The van der Waals surface area contributed by atoms with Crippen LogP contribution in [0.2, 0.25) is 0 Å². The van der Waals surface area contributed by atoms with Crippen LogP contribution in [0.25, 0.3) is 5.69 Å². The molecule has 128 valence electrons. The molecule has 1 saturated heterocycles. The smallest absolute Gasteiger partial charge is 0.246 e. The average molecular weight is 334 g/mol. The summed E-state index contributed by atoms with van der Waals surface area (Å²) in [6, 6.07) is 14.5. The van der Waals surface area contributed by atoms with Crippen molar-refractivity contribution in [3.8, 4) is 5.69 Å². The van der Waals surface area contributed by atoms with Crippen LogP contribution in [0.5, 0.6) is 0 Å². The van der Waals surface area contributed by atoms with Crippen LogP contribution < -0.4 is 10.2 Å². The minimum absolute atomic E-state index is 0.530. The highest BCUT2D eigenvalue weighted by Gasteiger charge is 2.20. The topological polar surface area (TPSA) is 58.9 Å². The second kappa shape index (κ2) is 6.93. The summed E-state index contributed by atoms with van der Waals surface area (Å²) in [4.78, 5) is 11.3. The minimum atomic E-state index is 0.530. The van der Waals surface area contributed by atoms with Gasteiger partial charge in [-0.25, -0.2) is 9.67 Å². The highest BCUT2D eigenvalue weighted by molar-refractivity contribution is 5.53. The molecule has 1 aliphatic rings. The summed E-state index contributed by atoms with van der Waals surface area (Å²) in [5, 5.41) is 7.74. The molecule has 4 rings (SSSR count). The molecule has 0 saturated carbocycles. The molecule has 25 heavy (non-hydrogen) atoms. The highest BCUT2D eigenvalue weighted by atomic mass is 15.4. The number of rotatable bonds is 4. The lowest BCUT2D eigenvalue weighted by molar-refractivity contribution is 0.481. The summed E-state index contributed by atoms with van der Waals surface area (Å²) in [6.45, 7) is 3.33. The number of hydrogen-bond acceptors (Lipinski definition) is 5. The molecule has 6 nitrogen and oxygen atoms in total. The Hall–Kier alpha value is -2.89. The van der Waals surface area contributed by atoms with Crippen LogP contribution in [0.4, 0.5) is 17.5 Å². The molecule has 1 aliphatic heterocycles. The number of para-hydroxylation sites is 1. The van der Waals surface area contributed by atoms with E-state index in [-0.39, 0.29) is 0 Å². The fraction of sp³-hybridized carbons (Fsp3) is 0.316. The van der Waals surface area contributed by atoms with Crippen LogP contribution >= 0.6 is 0 Å².